The largest absolute Gasteiger partial charge is 0.363 e. The van der Waals surface area contributed by atoms with Crippen molar-refractivity contribution < 1.29 is 0 Å². The second kappa shape index (κ2) is 6.19. The lowest BCUT2D eigenvalue weighted by molar-refractivity contribution is 0.403. The lowest BCUT2D eigenvalue weighted by atomic mass is 10.0. The number of nitrogens with one attached hydrogen (secondary N) is 1. The molecule has 1 N–H and O–H groups in total. The highest BCUT2D eigenvalue weighted by Crippen LogP contribution is 2.18. The number of hydrogen-bond donors (Lipinski definition) is 1. The van der Waals surface area contributed by atoms with E-state index in [1.54, 1.807) is 0 Å². The van der Waals surface area contributed by atoms with E-state index in [1.807, 2.05) is 25.9 Å². The van der Waals surface area contributed by atoms with Crippen LogP contribution in [0, 0.1) is 6.92 Å². The molecule has 2 heterocycles. The first-order valence-corrected chi connectivity index (χ1v) is 7.04. The first-order chi connectivity index (χ1) is 9.06. The minimum absolute atomic E-state index is 0.580. The van der Waals surface area contributed by atoms with Crippen LogP contribution < -0.4 is 15.1 Å². The maximum Gasteiger partial charge on any atom is 0.134 e. The molecule has 0 aromatic carbocycles. The summed E-state index contributed by atoms with van der Waals surface area (Å²) in [7, 11) is 6.12. The van der Waals surface area contributed by atoms with E-state index in [0.29, 0.717) is 6.04 Å². The molecule has 1 atom stereocenters. The third-order valence-corrected chi connectivity index (χ3v) is 3.57. The molecule has 1 aromatic heterocycles. The van der Waals surface area contributed by atoms with E-state index in [1.165, 1.54) is 19.3 Å². The summed E-state index contributed by atoms with van der Waals surface area (Å²) < 4.78 is 0. The number of rotatable bonds is 4. The highest BCUT2D eigenvalue weighted by Gasteiger charge is 2.16. The van der Waals surface area contributed by atoms with Crippen molar-refractivity contribution in [3.63, 3.8) is 0 Å². The van der Waals surface area contributed by atoms with Gasteiger partial charge in [0.15, 0.2) is 0 Å². The topological polar surface area (TPSA) is 44.3 Å². The Morgan fingerprint density at radius 3 is 2.58 bits per heavy atom. The van der Waals surface area contributed by atoms with Gasteiger partial charge >= 0.3 is 0 Å². The van der Waals surface area contributed by atoms with Crippen LogP contribution in [-0.4, -0.2) is 50.2 Å². The fourth-order valence-corrected chi connectivity index (χ4v) is 2.47. The van der Waals surface area contributed by atoms with E-state index in [9.17, 15) is 0 Å². The molecule has 0 amide bonds. The van der Waals surface area contributed by atoms with Gasteiger partial charge in [0.2, 0.25) is 0 Å². The van der Waals surface area contributed by atoms with Crippen molar-refractivity contribution in [2.75, 3.05) is 44.0 Å². The van der Waals surface area contributed by atoms with Crippen LogP contribution >= 0.6 is 0 Å². The van der Waals surface area contributed by atoms with E-state index in [4.69, 9.17) is 0 Å². The molecule has 5 nitrogen and oxygen atoms in total. The number of hydrogen-bond acceptors (Lipinski definition) is 5. The summed E-state index contributed by atoms with van der Waals surface area (Å²) in [6, 6.07) is 2.63. The van der Waals surface area contributed by atoms with Crippen LogP contribution in [0.25, 0.3) is 0 Å². The van der Waals surface area contributed by atoms with E-state index in [-0.39, 0.29) is 0 Å². The molecule has 1 fully saturated rings. The van der Waals surface area contributed by atoms with Crippen molar-refractivity contribution in [2.45, 2.75) is 32.2 Å². The minimum Gasteiger partial charge on any atom is -0.363 e. The number of likely N-dealkylation sites (N-methyl/N-ethyl adjacent to an activating group) is 1. The Morgan fingerprint density at radius 1 is 1.21 bits per heavy atom. The van der Waals surface area contributed by atoms with Crippen LogP contribution in [0.5, 0.6) is 0 Å². The van der Waals surface area contributed by atoms with Crippen molar-refractivity contribution in [3.05, 3.63) is 11.9 Å². The molecule has 0 saturated carbocycles. The van der Waals surface area contributed by atoms with Crippen LogP contribution in [0.15, 0.2) is 6.07 Å². The molecule has 5 heteroatoms. The third-order valence-electron chi connectivity index (χ3n) is 3.57. The van der Waals surface area contributed by atoms with Crippen molar-refractivity contribution >= 4 is 11.6 Å². The Bertz CT molecular complexity index is 412. The Kier molecular flexibility index (Phi) is 4.58. The summed E-state index contributed by atoms with van der Waals surface area (Å²) in [6.45, 7) is 4.09. The predicted octanol–water partition coefficient (Wildman–Crippen LogP) is 1.43. The van der Waals surface area contributed by atoms with Gasteiger partial charge in [-0.2, -0.15) is 0 Å². The van der Waals surface area contributed by atoms with Gasteiger partial charge < -0.3 is 15.1 Å². The maximum atomic E-state index is 4.54. The number of piperidine rings is 1. The molecule has 1 unspecified atom stereocenters. The van der Waals surface area contributed by atoms with E-state index in [0.717, 1.165) is 30.5 Å². The van der Waals surface area contributed by atoms with Gasteiger partial charge in [-0.05, 0) is 26.3 Å². The average Bonchev–Trinajstić information content (AvgIpc) is 2.39. The van der Waals surface area contributed by atoms with Crippen LogP contribution in [0.4, 0.5) is 11.6 Å². The first-order valence-electron chi connectivity index (χ1n) is 7.04. The van der Waals surface area contributed by atoms with Gasteiger partial charge in [0.05, 0.1) is 0 Å². The molecule has 1 aliphatic rings. The fraction of sp³-hybridized carbons (Fsp3) is 0.714. The quantitative estimate of drug-likeness (QED) is 0.890. The van der Waals surface area contributed by atoms with E-state index < -0.39 is 0 Å². The number of aryl methyl sites for hydroxylation is 1. The van der Waals surface area contributed by atoms with Gasteiger partial charge in [-0.1, -0.05) is 6.42 Å². The highest BCUT2D eigenvalue weighted by atomic mass is 15.2. The Hall–Kier alpha value is -1.36. The van der Waals surface area contributed by atoms with E-state index >= 15 is 0 Å². The fourth-order valence-electron chi connectivity index (χ4n) is 2.47. The average molecular weight is 263 g/mol. The molecule has 19 heavy (non-hydrogen) atoms. The second-order valence-electron chi connectivity index (χ2n) is 5.55. The molecular formula is C14H25N5. The molecule has 106 valence electrons. The SMILES string of the molecule is Cc1nc(N(C)C)cc(N(C)CC2CCCCN2)n1. The second-order valence-corrected chi connectivity index (χ2v) is 5.55. The van der Waals surface area contributed by atoms with Crippen LogP contribution in [0.3, 0.4) is 0 Å². The number of nitrogens with zero attached hydrogens (tertiary/aromatic N) is 4. The summed E-state index contributed by atoms with van der Waals surface area (Å²) in [5, 5.41) is 3.58. The third kappa shape index (κ3) is 3.80. The highest BCUT2D eigenvalue weighted by molar-refractivity contribution is 5.49. The van der Waals surface area contributed by atoms with Gasteiger partial charge in [0, 0.05) is 39.8 Å². The molecule has 1 saturated heterocycles. The van der Waals surface area contributed by atoms with Crippen LogP contribution in [-0.2, 0) is 0 Å². The van der Waals surface area contributed by atoms with Gasteiger partial charge in [0.1, 0.15) is 17.5 Å². The van der Waals surface area contributed by atoms with Crippen molar-refractivity contribution in [2.24, 2.45) is 0 Å². The molecule has 0 aliphatic carbocycles. The standard InChI is InChI=1S/C14H25N5/c1-11-16-13(18(2)3)9-14(17-11)19(4)10-12-7-5-6-8-15-12/h9,12,15H,5-8,10H2,1-4H3. The summed E-state index contributed by atoms with van der Waals surface area (Å²) in [5.41, 5.74) is 0. The zero-order valence-electron chi connectivity index (χ0n) is 12.5. The van der Waals surface area contributed by atoms with Gasteiger partial charge in [-0.25, -0.2) is 9.97 Å². The molecule has 1 aromatic rings. The number of aromatic nitrogens is 2. The minimum atomic E-state index is 0.580. The molecule has 0 bridgehead atoms. The van der Waals surface area contributed by atoms with E-state index in [2.05, 4.69) is 33.3 Å². The summed E-state index contributed by atoms with van der Waals surface area (Å²) >= 11 is 0. The first kappa shape index (κ1) is 14.1. The normalized spacial score (nSPS) is 19.3. The molecular weight excluding hydrogens is 238 g/mol. The van der Waals surface area contributed by atoms with Gasteiger partial charge in [-0.15, -0.1) is 0 Å². The lowest BCUT2D eigenvalue weighted by Crippen LogP contribution is -2.42. The molecule has 0 spiro atoms. The predicted molar refractivity (Wildman–Crippen MR) is 80.0 cm³/mol. The zero-order valence-corrected chi connectivity index (χ0v) is 12.5. The van der Waals surface area contributed by atoms with Gasteiger partial charge in [-0.3, -0.25) is 0 Å². The molecule has 2 rings (SSSR count). The number of anilines is 2. The van der Waals surface area contributed by atoms with Crippen molar-refractivity contribution in [1.29, 1.82) is 0 Å². The summed E-state index contributed by atoms with van der Waals surface area (Å²) in [5.74, 6) is 2.79. The Labute approximate surface area is 116 Å². The lowest BCUT2D eigenvalue weighted by Gasteiger charge is -2.29. The van der Waals surface area contributed by atoms with Crippen LogP contribution in [0.2, 0.25) is 0 Å². The zero-order chi connectivity index (χ0) is 13.8. The van der Waals surface area contributed by atoms with Crippen molar-refractivity contribution in [3.8, 4) is 0 Å². The molecule has 1 aliphatic heterocycles. The molecule has 0 radical (unpaired) electrons. The Morgan fingerprint density at radius 2 is 1.95 bits per heavy atom. The summed E-state index contributed by atoms with van der Waals surface area (Å²) in [6.07, 6.45) is 3.89. The van der Waals surface area contributed by atoms with Gasteiger partial charge in [0.25, 0.3) is 0 Å². The maximum absolute atomic E-state index is 4.54. The van der Waals surface area contributed by atoms with Crippen LogP contribution in [0.1, 0.15) is 25.1 Å². The monoisotopic (exact) mass is 263 g/mol. The van der Waals surface area contributed by atoms with Crippen molar-refractivity contribution in [1.82, 2.24) is 15.3 Å². The summed E-state index contributed by atoms with van der Waals surface area (Å²) in [4.78, 5) is 13.2. The Balaban J connectivity index is 2.07. The smallest absolute Gasteiger partial charge is 0.134 e.